The minimum Gasteiger partial charge on any atom is -0.486 e. The highest BCUT2D eigenvalue weighted by molar-refractivity contribution is 6.26. The number of Topliss-reactive ketones (excluding diaryl/α,β-unsaturated/α-hetero) is 2. The fourth-order valence-electron chi connectivity index (χ4n) is 2.12. The minimum atomic E-state index is -4.95. The molecule has 0 fully saturated rings. The summed E-state index contributed by atoms with van der Waals surface area (Å²) in [5.74, 6) is -3.05. The molecular formula is C15H13F3O3. The molecule has 0 bridgehead atoms. The molecule has 1 aromatic carbocycles. The Labute approximate surface area is 119 Å². The van der Waals surface area contributed by atoms with Crippen molar-refractivity contribution < 1.29 is 27.5 Å². The van der Waals surface area contributed by atoms with E-state index in [1.54, 1.807) is 13.0 Å². The number of benzene rings is 1. The van der Waals surface area contributed by atoms with Crippen LogP contribution in [0.2, 0.25) is 0 Å². The van der Waals surface area contributed by atoms with Gasteiger partial charge >= 0.3 is 6.18 Å². The lowest BCUT2D eigenvalue weighted by atomic mass is 9.86. The molecule has 0 radical (unpaired) electrons. The SMILES string of the molecule is Cc1ccc2c(c1)C(=O)C(C(F)(F)F)=C(OC(C)C)C2=O. The van der Waals surface area contributed by atoms with Crippen molar-refractivity contribution in [2.45, 2.75) is 33.1 Å². The summed E-state index contributed by atoms with van der Waals surface area (Å²) in [6.07, 6.45) is -5.60. The lowest BCUT2D eigenvalue weighted by Gasteiger charge is -2.24. The number of hydrogen-bond acceptors (Lipinski definition) is 3. The van der Waals surface area contributed by atoms with Crippen LogP contribution in [0.25, 0.3) is 0 Å². The van der Waals surface area contributed by atoms with Gasteiger partial charge < -0.3 is 4.74 Å². The lowest BCUT2D eigenvalue weighted by molar-refractivity contribution is -0.0927. The van der Waals surface area contributed by atoms with E-state index >= 15 is 0 Å². The average Bonchev–Trinajstić information content (AvgIpc) is 2.33. The molecule has 1 aliphatic carbocycles. The Morgan fingerprint density at radius 1 is 1.05 bits per heavy atom. The van der Waals surface area contributed by atoms with Gasteiger partial charge in [-0.05, 0) is 32.9 Å². The van der Waals surface area contributed by atoms with E-state index in [2.05, 4.69) is 0 Å². The number of carbonyl (C=O) groups excluding carboxylic acids is 2. The van der Waals surface area contributed by atoms with Crippen molar-refractivity contribution in [3.8, 4) is 0 Å². The Hall–Kier alpha value is -2.11. The highest BCUT2D eigenvalue weighted by Gasteiger charge is 2.48. The number of hydrogen-bond donors (Lipinski definition) is 0. The van der Waals surface area contributed by atoms with Crippen LogP contribution in [0.5, 0.6) is 0 Å². The highest BCUT2D eigenvalue weighted by atomic mass is 19.4. The van der Waals surface area contributed by atoms with Crippen molar-refractivity contribution in [2.75, 3.05) is 0 Å². The molecule has 0 aromatic heterocycles. The van der Waals surface area contributed by atoms with Crippen molar-refractivity contribution >= 4 is 11.6 Å². The van der Waals surface area contributed by atoms with Gasteiger partial charge in [-0.25, -0.2) is 0 Å². The number of fused-ring (bicyclic) bond motifs is 1. The van der Waals surface area contributed by atoms with Crippen LogP contribution in [-0.4, -0.2) is 23.8 Å². The number of aryl methyl sites for hydroxylation is 1. The molecule has 112 valence electrons. The Bertz CT molecular complexity index is 655. The summed E-state index contributed by atoms with van der Waals surface area (Å²) >= 11 is 0. The Morgan fingerprint density at radius 3 is 2.19 bits per heavy atom. The van der Waals surface area contributed by atoms with E-state index in [1.165, 1.54) is 26.0 Å². The summed E-state index contributed by atoms with van der Waals surface area (Å²) in [6.45, 7) is 4.61. The van der Waals surface area contributed by atoms with Gasteiger partial charge in [-0.1, -0.05) is 11.6 Å². The molecular weight excluding hydrogens is 285 g/mol. The number of carbonyl (C=O) groups is 2. The van der Waals surface area contributed by atoms with Crippen LogP contribution in [0.15, 0.2) is 29.5 Å². The van der Waals surface area contributed by atoms with Gasteiger partial charge in [0.1, 0.15) is 5.57 Å². The van der Waals surface area contributed by atoms with Crippen molar-refractivity contribution in [3.63, 3.8) is 0 Å². The Morgan fingerprint density at radius 2 is 1.67 bits per heavy atom. The minimum absolute atomic E-state index is 0.0609. The van der Waals surface area contributed by atoms with Gasteiger partial charge in [0.25, 0.3) is 0 Å². The number of ketones is 2. The van der Waals surface area contributed by atoms with Crippen molar-refractivity contribution in [3.05, 3.63) is 46.2 Å². The highest BCUT2D eigenvalue weighted by Crippen LogP contribution is 2.37. The second-order valence-corrected chi connectivity index (χ2v) is 5.08. The third-order valence-corrected chi connectivity index (χ3v) is 2.96. The summed E-state index contributed by atoms with van der Waals surface area (Å²) in [4.78, 5) is 24.4. The van der Waals surface area contributed by atoms with Gasteiger partial charge in [-0.15, -0.1) is 0 Å². The summed E-state index contributed by atoms with van der Waals surface area (Å²) in [5.41, 5.74) is -1.22. The molecule has 0 saturated heterocycles. The predicted molar refractivity (Wildman–Crippen MR) is 69.1 cm³/mol. The normalized spacial score (nSPS) is 15.6. The van der Waals surface area contributed by atoms with Gasteiger partial charge in [0.2, 0.25) is 11.6 Å². The second-order valence-electron chi connectivity index (χ2n) is 5.08. The van der Waals surface area contributed by atoms with Crippen LogP contribution >= 0.6 is 0 Å². The maximum atomic E-state index is 13.1. The molecule has 0 unspecified atom stereocenters. The predicted octanol–water partition coefficient (Wildman–Crippen LogP) is 3.62. The Kier molecular flexibility index (Phi) is 3.65. The zero-order valence-electron chi connectivity index (χ0n) is 11.7. The van der Waals surface area contributed by atoms with Gasteiger partial charge in [-0.2, -0.15) is 13.2 Å². The molecule has 1 aromatic rings. The van der Waals surface area contributed by atoms with Gasteiger partial charge in [0.15, 0.2) is 5.76 Å². The first-order valence-electron chi connectivity index (χ1n) is 6.31. The van der Waals surface area contributed by atoms with E-state index in [-0.39, 0.29) is 11.1 Å². The first-order chi connectivity index (χ1) is 9.62. The molecule has 0 amide bonds. The van der Waals surface area contributed by atoms with E-state index in [0.717, 1.165) is 0 Å². The summed E-state index contributed by atoms with van der Waals surface area (Å²) < 4.78 is 44.4. The summed E-state index contributed by atoms with van der Waals surface area (Å²) in [5, 5.41) is 0. The zero-order chi connectivity index (χ0) is 15.9. The topological polar surface area (TPSA) is 43.4 Å². The molecule has 0 N–H and O–H groups in total. The van der Waals surface area contributed by atoms with Crippen molar-refractivity contribution in [2.24, 2.45) is 0 Å². The standard InChI is InChI=1S/C15H13F3O3/c1-7(2)21-14-11(15(16,17)18)12(19)10-6-8(3)4-5-9(10)13(14)20/h4-7H,1-3H3. The quantitative estimate of drug-likeness (QED) is 0.837. The smallest absolute Gasteiger partial charge is 0.423 e. The third-order valence-electron chi connectivity index (χ3n) is 2.96. The maximum Gasteiger partial charge on any atom is 0.423 e. The molecule has 21 heavy (non-hydrogen) atoms. The molecule has 0 heterocycles. The largest absolute Gasteiger partial charge is 0.486 e. The number of halogens is 3. The monoisotopic (exact) mass is 298 g/mol. The molecule has 0 aliphatic heterocycles. The van der Waals surface area contributed by atoms with Gasteiger partial charge in [0.05, 0.1) is 6.10 Å². The van der Waals surface area contributed by atoms with Crippen LogP contribution in [0.1, 0.15) is 40.1 Å². The molecule has 1 aliphatic rings. The van der Waals surface area contributed by atoms with E-state index in [0.29, 0.717) is 5.56 Å². The van der Waals surface area contributed by atoms with Crippen LogP contribution in [0.3, 0.4) is 0 Å². The van der Waals surface area contributed by atoms with Gasteiger partial charge in [0, 0.05) is 11.1 Å². The fraction of sp³-hybridized carbons (Fsp3) is 0.333. The number of allylic oxidation sites excluding steroid dienone is 2. The Balaban J connectivity index is 2.71. The molecule has 0 saturated carbocycles. The van der Waals surface area contributed by atoms with E-state index < -0.39 is 35.2 Å². The molecule has 3 nitrogen and oxygen atoms in total. The van der Waals surface area contributed by atoms with Crippen LogP contribution in [0.4, 0.5) is 13.2 Å². The fourth-order valence-corrected chi connectivity index (χ4v) is 2.12. The van der Waals surface area contributed by atoms with Crippen LogP contribution < -0.4 is 0 Å². The number of ether oxygens (including phenoxy) is 1. The number of alkyl halides is 3. The molecule has 0 spiro atoms. The maximum absolute atomic E-state index is 13.1. The van der Waals surface area contributed by atoms with E-state index in [4.69, 9.17) is 4.74 Å². The van der Waals surface area contributed by atoms with Crippen molar-refractivity contribution in [1.29, 1.82) is 0 Å². The molecule has 0 atom stereocenters. The first kappa shape index (κ1) is 15.3. The summed E-state index contributed by atoms with van der Waals surface area (Å²) in [6, 6.07) is 4.20. The zero-order valence-corrected chi connectivity index (χ0v) is 11.7. The van der Waals surface area contributed by atoms with E-state index in [1.807, 2.05) is 0 Å². The lowest BCUT2D eigenvalue weighted by Crippen LogP contribution is -2.32. The number of rotatable bonds is 2. The second kappa shape index (κ2) is 5.02. The van der Waals surface area contributed by atoms with Crippen molar-refractivity contribution in [1.82, 2.24) is 0 Å². The van der Waals surface area contributed by atoms with Crippen LogP contribution in [0, 0.1) is 6.92 Å². The molecule has 6 heteroatoms. The first-order valence-corrected chi connectivity index (χ1v) is 6.31. The molecule has 2 rings (SSSR count). The van der Waals surface area contributed by atoms with Crippen LogP contribution in [-0.2, 0) is 4.74 Å². The van der Waals surface area contributed by atoms with E-state index in [9.17, 15) is 22.8 Å². The summed E-state index contributed by atoms with van der Waals surface area (Å²) in [7, 11) is 0. The average molecular weight is 298 g/mol. The third kappa shape index (κ3) is 2.70. The van der Waals surface area contributed by atoms with Gasteiger partial charge in [-0.3, -0.25) is 9.59 Å².